The molecule has 30 heavy (non-hydrogen) atoms. The van der Waals surface area contributed by atoms with Crippen LogP contribution in [0.3, 0.4) is 0 Å². The number of rotatable bonds is 6. The number of nitrogens with one attached hydrogen (secondary N) is 1. The molecule has 1 amide bonds. The third-order valence-corrected chi connectivity index (χ3v) is 5.43. The van der Waals surface area contributed by atoms with Crippen LogP contribution in [-0.2, 0) is 6.54 Å². The molecule has 0 saturated carbocycles. The summed E-state index contributed by atoms with van der Waals surface area (Å²) in [5.74, 6) is -0.570. The molecule has 4 nitrogen and oxygen atoms in total. The van der Waals surface area contributed by atoms with Gasteiger partial charge in [0.05, 0.1) is 28.4 Å². The van der Waals surface area contributed by atoms with Crippen molar-refractivity contribution >= 4 is 28.5 Å². The number of benzene rings is 3. The highest BCUT2D eigenvalue weighted by Gasteiger charge is 2.15. The number of fused-ring (bicyclic) bond motifs is 1. The summed E-state index contributed by atoms with van der Waals surface area (Å²) in [6, 6.07) is 20.0. The number of nitrogens with zero attached hydrogens (tertiary/aromatic N) is 2. The molecule has 1 aromatic heterocycles. The van der Waals surface area contributed by atoms with Crippen molar-refractivity contribution in [2.24, 2.45) is 0 Å². The number of hydrogen-bond donors (Lipinski definition) is 1. The fourth-order valence-corrected chi connectivity index (χ4v) is 3.72. The fourth-order valence-electron chi connectivity index (χ4n) is 3.51. The van der Waals surface area contributed by atoms with Gasteiger partial charge in [0.2, 0.25) is 0 Å². The van der Waals surface area contributed by atoms with Crippen molar-refractivity contribution in [2.75, 3.05) is 0 Å². The summed E-state index contributed by atoms with van der Waals surface area (Å²) in [5, 5.41) is 3.20. The molecule has 3 aromatic carbocycles. The molecule has 0 aliphatic carbocycles. The first kappa shape index (κ1) is 20.1. The van der Waals surface area contributed by atoms with Gasteiger partial charge in [0.1, 0.15) is 5.82 Å². The molecule has 152 valence electrons. The van der Waals surface area contributed by atoms with Crippen LogP contribution in [0.15, 0.2) is 73.1 Å². The maximum atomic E-state index is 13.4. The van der Waals surface area contributed by atoms with Crippen LogP contribution in [0.5, 0.6) is 0 Å². The zero-order valence-electron chi connectivity index (χ0n) is 16.5. The Morgan fingerprint density at radius 1 is 1.13 bits per heavy atom. The third kappa shape index (κ3) is 4.21. The SMILES string of the molecule is CC[C@@H](NC(=O)c1ccc2c(c1)ncn2Cc1ccc(F)c(Cl)c1)c1ccccc1. The van der Waals surface area contributed by atoms with Gasteiger partial charge in [-0.05, 0) is 47.9 Å². The molecule has 0 radical (unpaired) electrons. The second-order valence-corrected chi connectivity index (χ2v) is 7.58. The molecule has 0 saturated heterocycles. The van der Waals surface area contributed by atoms with Gasteiger partial charge in [-0.3, -0.25) is 4.79 Å². The molecule has 6 heteroatoms. The summed E-state index contributed by atoms with van der Waals surface area (Å²) in [5.41, 5.74) is 4.13. The highest BCUT2D eigenvalue weighted by atomic mass is 35.5. The predicted molar refractivity (Wildman–Crippen MR) is 117 cm³/mol. The van der Waals surface area contributed by atoms with Crippen LogP contribution in [0.2, 0.25) is 5.02 Å². The van der Waals surface area contributed by atoms with Crippen LogP contribution >= 0.6 is 11.6 Å². The van der Waals surface area contributed by atoms with Crippen molar-refractivity contribution in [3.63, 3.8) is 0 Å². The number of aromatic nitrogens is 2. The number of carbonyl (C=O) groups excluding carboxylic acids is 1. The van der Waals surface area contributed by atoms with Gasteiger partial charge in [-0.2, -0.15) is 0 Å². The lowest BCUT2D eigenvalue weighted by Crippen LogP contribution is -2.28. The van der Waals surface area contributed by atoms with E-state index in [1.807, 2.05) is 47.9 Å². The van der Waals surface area contributed by atoms with Gasteiger partial charge in [0, 0.05) is 12.1 Å². The number of amides is 1. The van der Waals surface area contributed by atoms with Crippen molar-refractivity contribution in [1.82, 2.24) is 14.9 Å². The van der Waals surface area contributed by atoms with Crippen molar-refractivity contribution in [2.45, 2.75) is 25.9 Å². The Bertz CT molecular complexity index is 1190. The summed E-state index contributed by atoms with van der Waals surface area (Å²) < 4.78 is 15.3. The lowest BCUT2D eigenvalue weighted by Gasteiger charge is -2.17. The maximum Gasteiger partial charge on any atom is 0.251 e. The zero-order chi connectivity index (χ0) is 21.1. The van der Waals surface area contributed by atoms with E-state index >= 15 is 0 Å². The Labute approximate surface area is 179 Å². The van der Waals surface area contributed by atoms with Crippen LogP contribution in [-0.4, -0.2) is 15.5 Å². The number of hydrogen-bond acceptors (Lipinski definition) is 2. The normalized spacial score (nSPS) is 12.1. The minimum atomic E-state index is -0.438. The van der Waals surface area contributed by atoms with Gasteiger partial charge >= 0.3 is 0 Å². The van der Waals surface area contributed by atoms with Gasteiger partial charge in [-0.1, -0.05) is 54.9 Å². The smallest absolute Gasteiger partial charge is 0.251 e. The van der Waals surface area contributed by atoms with E-state index in [0.29, 0.717) is 12.1 Å². The Kier molecular flexibility index (Phi) is 5.81. The quantitative estimate of drug-likeness (QED) is 0.430. The van der Waals surface area contributed by atoms with E-state index in [0.717, 1.165) is 28.6 Å². The van der Waals surface area contributed by atoms with Gasteiger partial charge in [-0.15, -0.1) is 0 Å². The van der Waals surface area contributed by atoms with Crippen molar-refractivity contribution < 1.29 is 9.18 Å². The molecule has 0 bridgehead atoms. The minimum Gasteiger partial charge on any atom is -0.345 e. The van der Waals surface area contributed by atoms with E-state index in [4.69, 9.17) is 11.6 Å². The van der Waals surface area contributed by atoms with Crippen molar-refractivity contribution in [3.05, 3.63) is 101 Å². The Morgan fingerprint density at radius 2 is 1.93 bits per heavy atom. The summed E-state index contributed by atoms with van der Waals surface area (Å²) in [6.07, 6.45) is 2.51. The van der Waals surface area contributed by atoms with Crippen LogP contribution in [0, 0.1) is 5.82 Å². The molecular weight excluding hydrogens is 401 g/mol. The fraction of sp³-hybridized carbons (Fsp3) is 0.167. The molecular formula is C24H21ClFN3O. The monoisotopic (exact) mass is 421 g/mol. The van der Waals surface area contributed by atoms with Gasteiger partial charge in [0.25, 0.3) is 5.91 Å². The summed E-state index contributed by atoms with van der Waals surface area (Å²) >= 11 is 5.88. The molecule has 0 aliphatic heterocycles. The highest BCUT2D eigenvalue weighted by molar-refractivity contribution is 6.30. The van der Waals surface area contributed by atoms with Gasteiger partial charge in [-0.25, -0.2) is 9.37 Å². The number of imidazole rings is 1. The molecule has 1 N–H and O–H groups in total. The summed E-state index contributed by atoms with van der Waals surface area (Å²) in [6.45, 7) is 2.55. The molecule has 1 heterocycles. The lowest BCUT2D eigenvalue weighted by atomic mass is 10.0. The van der Waals surface area contributed by atoms with Crippen molar-refractivity contribution in [3.8, 4) is 0 Å². The predicted octanol–water partition coefficient (Wildman–Crippen LogP) is 5.76. The lowest BCUT2D eigenvalue weighted by molar-refractivity contribution is 0.0935. The second-order valence-electron chi connectivity index (χ2n) is 7.17. The minimum absolute atomic E-state index is 0.0461. The average molecular weight is 422 g/mol. The Morgan fingerprint density at radius 3 is 2.67 bits per heavy atom. The van der Waals surface area contributed by atoms with Crippen LogP contribution < -0.4 is 5.32 Å². The first-order valence-electron chi connectivity index (χ1n) is 9.79. The van der Waals surface area contributed by atoms with E-state index in [1.54, 1.807) is 30.6 Å². The number of halogens is 2. The van der Waals surface area contributed by atoms with E-state index < -0.39 is 5.82 Å². The molecule has 0 aliphatic rings. The Balaban J connectivity index is 1.54. The zero-order valence-corrected chi connectivity index (χ0v) is 17.2. The average Bonchev–Trinajstić information content (AvgIpc) is 3.17. The second kappa shape index (κ2) is 8.67. The molecule has 0 fully saturated rings. The van der Waals surface area contributed by atoms with E-state index in [-0.39, 0.29) is 17.0 Å². The third-order valence-electron chi connectivity index (χ3n) is 5.14. The van der Waals surface area contributed by atoms with E-state index in [1.165, 1.54) is 6.07 Å². The van der Waals surface area contributed by atoms with Crippen LogP contribution in [0.25, 0.3) is 11.0 Å². The molecule has 0 unspecified atom stereocenters. The molecule has 0 spiro atoms. The van der Waals surface area contributed by atoms with Gasteiger partial charge in [0.15, 0.2) is 0 Å². The first-order chi connectivity index (χ1) is 14.5. The van der Waals surface area contributed by atoms with Gasteiger partial charge < -0.3 is 9.88 Å². The highest BCUT2D eigenvalue weighted by Crippen LogP contribution is 2.21. The largest absolute Gasteiger partial charge is 0.345 e. The standard InChI is InChI=1S/C24H21ClFN3O/c1-2-21(17-6-4-3-5-7-17)28-24(30)18-9-11-23-22(13-18)27-15-29(23)14-16-8-10-20(26)19(25)12-16/h3-13,15,21H,2,14H2,1H3,(H,28,30)/t21-/m1/s1. The Hall–Kier alpha value is -3.18. The maximum absolute atomic E-state index is 13.4. The summed E-state index contributed by atoms with van der Waals surface area (Å²) in [4.78, 5) is 17.2. The van der Waals surface area contributed by atoms with Crippen LogP contribution in [0.1, 0.15) is 40.9 Å². The number of carbonyl (C=O) groups is 1. The first-order valence-corrected chi connectivity index (χ1v) is 10.2. The molecule has 4 rings (SSSR count). The van der Waals surface area contributed by atoms with E-state index in [9.17, 15) is 9.18 Å². The molecule has 1 atom stereocenters. The van der Waals surface area contributed by atoms with E-state index in [2.05, 4.69) is 10.3 Å². The van der Waals surface area contributed by atoms with Crippen LogP contribution in [0.4, 0.5) is 4.39 Å². The molecule has 4 aromatic rings. The van der Waals surface area contributed by atoms with Crippen molar-refractivity contribution in [1.29, 1.82) is 0 Å². The topological polar surface area (TPSA) is 46.9 Å². The summed E-state index contributed by atoms with van der Waals surface area (Å²) in [7, 11) is 0.